The van der Waals surface area contributed by atoms with E-state index in [1.54, 1.807) is 0 Å². The summed E-state index contributed by atoms with van der Waals surface area (Å²) in [6.45, 7) is 1.12. The van der Waals surface area contributed by atoms with Crippen molar-refractivity contribution >= 4 is 47.4 Å². The van der Waals surface area contributed by atoms with Gasteiger partial charge < -0.3 is 29.5 Å². The van der Waals surface area contributed by atoms with E-state index < -0.39 is 82.9 Å². The second kappa shape index (κ2) is 7.16. The Balaban J connectivity index is 2.88. The summed E-state index contributed by atoms with van der Waals surface area (Å²) in [5, 5.41) is 31.7. The SMILES string of the molecule is CC(=O)C1C(=O)OC(=O)CC2(O)C(=O)OC(=O)C1(O)CC(=O)OC(=O)C2(O)C(C)=O. The van der Waals surface area contributed by atoms with Crippen molar-refractivity contribution in [2.45, 2.75) is 43.5 Å². The van der Waals surface area contributed by atoms with Gasteiger partial charge in [-0.1, -0.05) is 0 Å². The number of ether oxygens (including phenoxy) is 3. The molecular weight excluding hydrogens is 416 g/mol. The molecule has 0 aromatic heterocycles. The van der Waals surface area contributed by atoms with E-state index in [1.807, 2.05) is 0 Å². The summed E-state index contributed by atoms with van der Waals surface area (Å²) in [7, 11) is 0. The van der Waals surface area contributed by atoms with Crippen LogP contribution < -0.4 is 0 Å². The van der Waals surface area contributed by atoms with Crippen LogP contribution in [-0.4, -0.2) is 79.5 Å². The highest BCUT2D eigenvalue weighted by atomic mass is 16.6. The molecule has 14 heteroatoms. The first kappa shape index (κ1) is 22.9. The molecule has 2 heterocycles. The molecule has 0 radical (unpaired) electrons. The Morgan fingerprint density at radius 2 is 1.33 bits per heavy atom. The van der Waals surface area contributed by atoms with Gasteiger partial charge in [0.2, 0.25) is 5.60 Å². The Morgan fingerprint density at radius 3 is 1.83 bits per heavy atom. The summed E-state index contributed by atoms with van der Waals surface area (Å²) in [6.07, 6.45) is -3.50. The molecule has 0 amide bonds. The van der Waals surface area contributed by atoms with Gasteiger partial charge in [-0.2, -0.15) is 0 Å². The van der Waals surface area contributed by atoms with Crippen LogP contribution in [0.5, 0.6) is 0 Å². The minimum Gasteiger partial charge on any atom is -0.392 e. The van der Waals surface area contributed by atoms with Crippen LogP contribution in [0.4, 0.5) is 0 Å². The van der Waals surface area contributed by atoms with Crippen molar-refractivity contribution in [3.05, 3.63) is 0 Å². The van der Waals surface area contributed by atoms with Gasteiger partial charge in [-0.15, -0.1) is 0 Å². The van der Waals surface area contributed by atoms with Crippen molar-refractivity contribution in [2.75, 3.05) is 0 Å². The Bertz CT molecular complexity index is 915. The third-order valence-electron chi connectivity index (χ3n) is 4.63. The molecule has 4 unspecified atom stereocenters. The highest BCUT2D eigenvalue weighted by Crippen LogP contribution is 2.36. The quantitative estimate of drug-likeness (QED) is 0.216. The summed E-state index contributed by atoms with van der Waals surface area (Å²) in [5.41, 5.74) is -11.4. The van der Waals surface area contributed by atoms with E-state index in [0.29, 0.717) is 13.8 Å². The minimum atomic E-state index is -3.96. The van der Waals surface area contributed by atoms with Crippen molar-refractivity contribution < 1.29 is 67.9 Å². The number of fused-ring (bicyclic) bond motifs is 4. The highest BCUT2D eigenvalue weighted by molar-refractivity contribution is 6.18. The first-order valence-electron chi connectivity index (χ1n) is 8.06. The fourth-order valence-electron chi connectivity index (χ4n) is 3.05. The highest BCUT2D eigenvalue weighted by Gasteiger charge is 2.69. The van der Waals surface area contributed by atoms with Gasteiger partial charge in [0.05, 0.1) is 12.8 Å². The average molecular weight is 430 g/mol. The lowest BCUT2D eigenvalue weighted by Crippen LogP contribution is -2.71. The molecule has 2 rings (SSSR count). The van der Waals surface area contributed by atoms with Crippen LogP contribution in [0.15, 0.2) is 0 Å². The topological polar surface area (TPSA) is 225 Å². The number of ketones is 2. The van der Waals surface area contributed by atoms with Gasteiger partial charge in [-0.25, -0.2) is 14.4 Å². The Kier molecular flexibility index (Phi) is 5.47. The van der Waals surface area contributed by atoms with E-state index in [9.17, 15) is 53.7 Å². The number of carbonyl (C=O) groups excluding carboxylic acids is 8. The summed E-state index contributed by atoms with van der Waals surface area (Å²) in [6, 6.07) is 0. The molecule has 2 fully saturated rings. The van der Waals surface area contributed by atoms with Gasteiger partial charge in [0.15, 0.2) is 17.3 Å². The standard InChI is InChI=1S/C16H14O14/c1-5(17)9-10(21)28-8(20)4-15(26)12(23)30-11(22)14(9,25)3-7(19)29-13(24)16(15,27)6(2)18/h9,25-27H,3-4H2,1-2H3. The zero-order valence-electron chi connectivity index (χ0n) is 15.3. The van der Waals surface area contributed by atoms with Crippen LogP contribution >= 0.6 is 0 Å². The Morgan fingerprint density at radius 1 is 0.800 bits per heavy atom. The van der Waals surface area contributed by atoms with Crippen LogP contribution in [0.1, 0.15) is 26.7 Å². The van der Waals surface area contributed by atoms with E-state index >= 15 is 0 Å². The van der Waals surface area contributed by atoms with E-state index in [1.165, 1.54) is 0 Å². The van der Waals surface area contributed by atoms with Crippen LogP contribution in [0.2, 0.25) is 0 Å². The second-order valence-corrected chi connectivity index (χ2v) is 6.68. The summed E-state index contributed by atoms with van der Waals surface area (Å²) >= 11 is 0. The van der Waals surface area contributed by atoms with Crippen molar-refractivity contribution in [3.8, 4) is 0 Å². The molecule has 2 aliphatic heterocycles. The minimum absolute atomic E-state index is 0.460. The molecule has 2 bridgehead atoms. The van der Waals surface area contributed by atoms with Crippen molar-refractivity contribution in [1.29, 1.82) is 0 Å². The zero-order chi connectivity index (χ0) is 23.2. The van der Waals surface area contributed by atoms with Crippen LogP contribution in [0.25, 0.3) is 0 Å². The lowest BCUT2D eigenvalue weighted by Gasteiger charge is -2.39. The predicted molar refractivity (Wildman–Crippen MR) is 82.2 cm³/mol. The van der Waals surface area contributed by atoms with E-state index in [-0.39, 0.29) is 0 Å². The first-order valence-corrected chi connectivity index (χ1v) is 8.06. The number of aliphatic hydroxyl groups is 3. The third-order valence-corrected chi connectivity index (χ3v) is 4.63. The van der Waals surface area contributed by atoms with Crippen molar-refractivity contribution in [1.82, 2.24) is 0 Å². The molecular formula is C16H14O14. The number of hydrogen-bond donors (Lipinski definition) is 3. The molecule has 0 aromatic rings. The van der Waals surface area contributed by atoms with Gasteiger partial charge in [-0.3, -0.25) is 24.0 Å². The Labute approximate surface area is 165 Å². The second-order valence-electron chi connectivity index (χ2n) is 6.68. The summed E-state index contributed by atoms with van der Waals surface area (Å²) in [5.74, 6) is -17.9. The number of carbonyl (C=O) groups is 8. The lowest BCUT2D eigenvalue weighted by molar-refractivity contribution is -0.226. The molecule has 4 atom stereocenters. The monoisotopic (exact) mass is 430 g/mol. The van der Waals surface area contributed by atoms with Gasteiger partial charge in [0, 0.05) is 0 Å². The first-order chi connectivity index (χ1) is 13.6. The third kappa shape index (κ3) is 3.20. The molecule has 0 spiro atoms. The van der Waals surface area contributed by atoms with Crippen molar-refractivity contribution in [3.63, 3.8) is 0 Å². The van der Waals surface area contributed by atoms with Gasteiger partial charge in [0.25, 0.3) is 5.60 Å². The molecule has 3 N–H and O–H groups in total. The largest absolute Gasteiger partial charge is 0.392 e. The summed E-state index contributed by atoms with van der Waals surface area (Å²) < 4.78 is 12.6. The molecule has 162 valence electrons. The van der Waals surface area contributed by atoms with Crippen molar-refractivity contribution in [2.24, 2.45) is 5.92 Å². The van der Waals surface area contributed by atoms with Gasteiger partial charge in [0.1, 0.15) is 5.78 Å². The number of cyclic esters (lactones) is 4. The van der Waals surface area contributed by atoms with E-state index in [2.05, 4.69) is 14.2 Å². The smallest absolute Gasteiger partial charge is 0.357 e. The summed E-state index contributed by atoms with van der Waals surface area (Å²) in [4.78, 5) is 97.3. The number of hydrogen-bond acceptors (Lipinski definition) is 14. The Hall–Kier alpha value is -3.36. The maximum atomic E-state index is 12.4. The normalized spacial score (nSPS) is 35.4. The molecule has 2 saturated heterocycles. The molecule has 0 aromatic carbocycles. The molecule has 0 saturated carbocycles. The number of rotatable bonds is 2. The van der Waals surface area contributed by atoms with E-state index in [4.69, 9.17) is 0 Å². The number of esters is 6. The fourth-order valence-corrected chi connectivity index (χ4v) is 3.05. The van der Waals surface area contributed by atoms with Crippen LogP contribution in [0, 0.1) is 5.92 Å². The fraction of sp³-hybridized carbons (Fsp3) is 0.500. The number of Topliss-reactive ketones (excluding diaryl/α,β-unsaturated/α-hetero) is 2. The molecule has 2 aliphatic rings. The maximum Gasteiger partial charge on any atom is 0.357 e. The van der Waals surface area contributed by atoms with E-state index in [0.717, 1.165) is 0 Å². The van der Waals surface area contributed by atoms with Gasteiger partial charge in [-0.05, 0) is 13.8 Å². The van der Waals surface area contributed by atoms with Crippen LogP contribution in [-0.2, 0) is 52.6 Å². The zero-order valence-corrected chi connectivity index (χ0v) is 15.3. The average Bonchev–Trinajstić information content (AvgIpc) is 2.57. The predicted octanol–water partition coefficient (Wildman–Crippen LogP) is -4.01. The van der Waals surface area contributed by atoms with Crippen LogP contribution in [0.3, 0.4) is 0 Å². The van der Waals surface area contributed by atoms with Gasteiger partial charge >= 0.3 is 35.8 Å². The lowest BCUT2D eigenvalue weighted by atomic mass is 9.76. The molecule has 0 aliphatic carbocycles. The maximum absolute atomic E-state index is 12.4. The molecule has 30 heavy (non-hydrogen) atoms. The molecule has 14 nitrogen and oxygen atoms in total.